The highest BCUT2D eigenvalue weighted by molar-refractivity contribution is 5.82. The number of anilines is 1. The number of hydrogen-bond acceptors (Lipinski definition) is 5. The number of pyridine rings is 1. The lowest BCUT2D eigenvalue weighted by Crippen LogP contribution is -2.51. The van der Waals surface area contributed by atoms with Gasteiger partial charge in [0.2, 0.25) is 0 Å². The van der Waals surface area contributed by atoms with Crippen molar-refractivity contribution >= 4 is 18.1 Å². The van der Waals surface area contributed by atoms with Gasteiger partial charge in [-0.1, -0.05) is 6.07 Å². The molecular formula is C17H19N5O2. The Kier molecular flexibility index (Phi) is 4.90. The maximum atomic E-state index is 12.1. The van der Waals surface area contributed by atoms with E-state index in [4.69, 9.17) is 0 Å². The Morgan fingerprint density at radius 2 is 1.88 bits per heavy atom. The number of piperazine rings is 1. The van der Waals surface area contributed by atoms with E-state index in [1.54, 1.807) is 41.6 Å². The minimum atomic E-state index is -0.217. The molecule has 0 aliphatic carbocycles. The second kappa shape index (κ2) is 7.45. The van der Waals surface area contributed by atoms with Crippen LogP contribution in [0.25, 0.3) is 0 Å². The summed E-state index contributed by atoms with van der Waals surface area (Å²) in [7, 11) is 0. The number of urea groups is 1. The molecule has 0 spiro atoms. The lowest BCUT2D eigenvalue weighted by Gasteiger charge is -2.34. The zero-order chi connectivity index (χ0) is 16.8. The van der Waals surface area contributed by atoms with Gasteiger partial charge in [0.25, 0.3) is 0 Å². The summed E-state index contributed by atoms with van der Waals surface area (Å²) in [5.74, 6) is 1.13. The highest BCUT2D eigenvalue weighted by Gasteiger charge is 2.21. The van der Waals surface area contributed by atoms with E-state index < -0.39 is 0 Å². The molecule has 1 saturated heterocycles. The normalized spacial score (nSPS) is 14.8. The third-order valence-corrected chi connectivity index (χ3v) is 3.81. The van der Waals surface area contributed by atoms with Crippen molar-refractivity contribution in [2.75, 3.05) is 31.1 Å². The van der Waals surface area contributed by atoms with E-state index in [0.717, 1.165) is 24.5 Å². The number of nitrogens with one attached hydrogen (secondary N) is 1. The van der Waals surface area contributed by atoms with E-state index in [9.17, 15) is 9.90 Å². The predicted octanol–water partition coefficient (Wildman–Crippen LogP) is 1.65. The molecule has 0 bridgehead atoms. The summed E-state index contributed by atoms with van der Waals surface area (Å²) in [5, 5.41) is 13.2. The number of benzene rings is 1. The van der Waals surface area contributed by atoms with E-state index in [1.165, 1.54) is 0 Å². The van der Waals surface area contributed by atoms with Crippen molar-refractivity contribution in [1.82, 2.24) is 15.3 Å². The number of phenolic OH excluding ortho intramolecular Hbond substituents is 1. The molecule has 0 saturated carbocycles. The molecule has 7 nitrogen and oxygen atoms in total. The fraction of sp³-hybridized carbons (Fsp3) is 0.235. The molecule has 3 rings (SSSR count). The number of nitrogens with zero attached hydrogens (tertiary/aromatic N) is 4. The number of carbonyl (C=O) groups is 1. The van der Waals surface area contributed by atoms with Crippen LogP contribution in [0.3, 0.4) is 0 Å². The van der Waals surface area contributed by atoms with Crippen LogP contribution in [-0.4, -0.2) is 53.4 Å². The molecule has 2 heterocycles. The fourth-order valence-electron chi connectivity index (χ4n) is 2.47. The molecule has 2 amide bonds. The average Bonchev–Trinajstić information content (AvgIpc) is 2.64. The Hall–Kier alpha value is -3.09. The van der Waals surface area contributed by atoms with Gasteiger partial charge in [-0.25, -0.2) is 15.2 Å². The van der Waals surface area contributed by atoms with Gasteiger partial charge in [0, 0.05) is 32.4 Å². The standard InChI is InChI=1S/C17H19N5O2/c23-15-6-4-14(5-7-15)13-19-20-17(24)22-11-9-21(10-12-22)16-3-1-2-8-18-16/h1-8,13,23H,9-12H2,(H,20,24)/b19-13+. The average molecular weight is 325 g/mol. The van der Waals surface area contributed by atoms with Crippen molar-refractivity contribution in [2.45, 2.75) is 0 Å². The molecule has 2 N–H and O–H groups in total. The zero-order valence-electron chi connectivity index (χ0n) is 13.2. The number of amides is 2. The van der Waals surface area contributed by atoms with Gasteiger partial charge in [0.1, 0.15) is 11.6 Å². The van der Waals surface area contributed by atoms with Crippen LogP contribution in [0.15, 0.2) is 53.8 Å². The van der Waals surface area contributed by atoms with Gasteiger partial charge in [-0.15, -0.1) is 0 Å². The number of hydrazone groups is 1. The molecule has 0 atom stereocenters. The third kappa shape index (κ3) is 4.01. The van der Waals surface area contributed by atoms with Gasteiger partial charge in [-0.2, -0.15) is 5.10 Å². The van der Waals surface area contributed by atoms with Crippen molar-refractivity contribution < 1.29 is 9.90 Å². The zero-order valence-corrected chi connectivity index (χ0v) is 13.2. The van der Waals surface area contributed by atoms with Gasteiger partial charge < -0.3 is 14.9 Å². The number of aromatic nitrogens is 1. The van der Waals surface area contributed by atoms with Crippen LogP contribution in [0.5, 0.6) is 5.75 Å². The highest BCUT2D eigenvalue weighted by atomic mass is 16.3. The lowest BCUT2D eigenvalue weighted by molar-refractivity contribution is 0.195. The van der Waals surface area contributed by atoms with Gasteiger partial charge in [-0.05, 0) is 42.0 Å². The first-order valence-electron chi connectivity index (χ1n) is 7.75. The topological polar surface area (TPSA) is 81.1 Å². The highest BCUT2D eigenvalue weighted by Crippen LogP contribution is 2.12. The van der Waals surface area contributed by atoms with Crippen LogP contribution in [0.2, 0.25) is 0 Å². The van der Waals surface area contributed by atoms with E-state index in [-0.39, 0.29) is 11.8 Å². The van der Waals surface area contributed by atoms with E-state index >= 15 is 0 Å². The summed E-state index contributed by atoms with van der Waals surface area (Å²) in [6, 6.07) is 12.2. The van der Waals surface area contributed by atoms with E-state index in [1.807, 2.05) is 18.2 Å². The minimum Gasteiger partial charge on any atom is -0.508 e. The largest absolute Gasteiger partial charge is 0.508 e. The van der Waals surface area contributed by atoms with Crippen molar-refractivity contribution in [2.24, 2.45) is 5.10 Å². The third-order valence-electron chi connectivity index (χ3n) is 3.81. The van der Waals surface area contributed by atoms with Crippen molar-refractivity contribution in [1.29, 1.82) is 0 Å². The first-order valence-corrected chi connectivity index (χ1v) is 7.75. The van der Waals surface area contributed by atoms with Crippen LogP contribution in [0, 0.1) is 0 Å². The summed E-state index contributed by atoms with van der Waals surface area (Å²) < 4.78 is 0. The van der Waals surface area contributed by atoms with Crippen molar-refractivity contribution in [3.63, 3.8) is 0 Å². The molecule has 0 radical (unpaired) electrons. The monoisotopic (exact) mass is 325 g/mol. The summed E-state index contributed by atoms with van der Waals surface area (Å²) in [6.07, 6.45) is 3.31. The first-order chi connectivity index (χ1) is 11.7. The summed E-state index contributed by atoms with van der Waals surface area (Å²) in [5.41, 5.74) is 3.33. The second-order valence-electron chi connectivity index (χ2n) is 5.43. The first kappa shape index (κ1) is 15.8. The Morgan fingerprint density at radius 3 is 2.54 bits per heavy atom. The summed E-state index contributed by atoms with van der Waals surface area (Å²) >= 11 is 0. The Bertz CT molecular complexity index is 695. The molecular weight excluding hydrogens is 306 g/mol. The molecule has 1 aromatic heterocycles. The molecule has 7 heteroatoms. The van der Waals surface area contributed by atoms with Gasteiger partial charge in [0.05, 0.1) is 6.21 Å². The summed E-state index contributed by atoms with van der Waals surface area (Å²) in [6.45, 7) is 2.73. The van der Waals surface area contributed by atoms with Gasteiger partial charge in [-0.3, -0.25) is 0 Å². The SMILES string of the molecule is O=C(N/N=C/c1ccc(O)cc1)N1CCN(c2ccccn2)CC1. The molecule has 1 aliphatic rings. The fourth-order valence-corrected chi connectivity index (χ4v) is 2.47. The molecule has 2 aromatic rings. The van der Waals surface area contributed by atoms with Crippen LogP contribution in [0.4, 0.5) is 10.6 Å². The summed E-state index contributed by atoms with van der Waals surface area (Å²) in [4.78, 5) is 20.3. The van der Waals surface area contributed by atoms with Crippen LogP contribution in [0.1, 0.15) is 5.56 Å². The van der Waals surface area contributed by atoms with E-state index in [0.29, 0.717) is 13.1 Å². The molecule has 0 unspecified atom stereocenters. The van der Waals surface area contributed by atoms with Gasteiger partial charge >= 0.3 is 6.03 Å². The van der Waals surface area contributed by atoms with Crippen LogP contribution < -0.4 is 10.3 Å². The molecule has 24 heavy (non-hydrogen) atoms. The number of rotatable bonds is 3. The number of aromatic hydroxyl groups is 1. The quantitative estimate of drug-likeness (QED) is 0.664. The maximum absolute atomic E-state index is 12.1. The van der Waals surface area contributed by atoms with Crippen molar-refractivity contribution in [3.05, 3.63) is 54.2 Å². The minimum absolute atomic E-state index is 0.196. The second-order valence-corrected chi connectivity index (χ2v) is 5.43. The molecule has 1 aliphatic heterocycles. The molecule has 1 aromatic carbocycles. The van der Waals surface area contributed by atoms with Gasteiger partial charge in [0.15, 0.2) is 0 Å². The Morgan fingerprint density at radius 1 is 1.12 bits per heavy atom. The predicted molar refractivity (Wildman–Crippen MR) is 92.3 cm³/mol. The van der Waals surface area contributed by atoms with Crippen LogP contribution >= 0.6 is 0 Å². The molecule has 124 valence electrons. The van der Waals surface area contributed by atoms with Crippen LogP contribution in [-0.2, 0) is 0 Å². The molecule has 1 fully saturated rings. The Labute approximate surface area is 140 Å². The number of phenols is 1. The smallest absolute Gasteiger partial charge is 0.337 e. The maximum Gasteiger partial charge on any atom is 0.337 e. The lowest BCUT2D eigenvalue weighted by atomic mass is 10.2. The van der Waals surface area contributed by atoms with Crippen molar-refractivity contribution in [3.8, 4) is 5.75 Å². The Balaban J connectivity index is 1.47. The number of hydrogen-bond donors (Lipinski definition) is 2. The number of carbonyl (C=O) groups excluding carboxylic acids is 1. The van der Waals surface area contributed by atoms with E-state index in [2.05, 4.69) is 20.4 Å².